The molecule has 0 aliphatic rings. The maximum atomic E-state index is 13.3. The highest BCUT2D eigenvalue weighted by atomic mass is 79.9. The van der Waals surface area contributed by atoms with E-state index in [0.717, 1.165) is 0 Å². The molecule has 6 heteroatoms. The number of nitrogens with zero attached hydrogens (tertiary/aromatic N) is 1. The molecule has 0 aliphatic carbocycles. The van der Waals surface area contributed by atoms with E-state index in [2.05, 4.69) is 26.2 Å². The minimum atomic E-state index is -0.421. The first-order valence-electron chi connectivity index (χ1n) is 4.30. The fraction of sp³-hybridized carbons (Fsp3) is 0.444. The van der Waals surface area contributed by atoms with Gasteiger partial charge in [-0.05, 0) is 22.0 Å². The summed E-state index contributed by atoms with van der Waals surface area (Å²) in [6.07, 6.45) is 1.52. The number of ether oxygens (including phenoxy) is 1. The van der Waals surface area contributed by atoms with Crippen LogP contribution < -0.4 is 5.32 Å². The van der Waals surface area contributed by atoms with Crippen molar-refractivity contribution in [2.75, 3.05) is 24.9 Å². The molecule has 1 rings (SSSR count). The molecule has 0 aromatic carbocycles. The quantitative estimate of drug-likeness (QED) is 0.849. The van der Waals surface area contributed by atoms with Gasteiger partial charge in [-0.1, -0.05) is 0 Å². The Balaban J connectivity index is 2.70. The smallest absolute Gasteiger partial charge is 0.166 e. The summed E-state index contributed by atoms with van der Waals surface area (Å²) in [5.41, 5.74) is 0. The van der Waals surface area contributed by atoms with Crippen LogP contribution in [0.4, 0.5) is 10.2 Å². The van der Waals surface area contributed by atoms with Gasteiger partial charge in [0.2, 0.25) is 0 Å². The van der Waals surface area contributed by atoms with Crippen LogP contribution in [-0.2, 0) is 4.74 Å². The lowest BCUT2D eigenvalue weighted by Gasteiger charge is -2.15. The summed E-state index contributed by atoms with van der Waals surface area (Å²) in [6.45, 7) is 0.403. The fourth-order valence-corrected chi connectivity index (χ4v) is 1.51. The van der Waals surface area contributed by atoms with Gasteiger partial charge in [-0.2, -0.15) is 0 Å². The molecule has 0 saturated carbocycles. The maximum Gasteiger partial charge on any atom is 0.166 e. The van der Waals surface area contributed by atoms with Gasteiger partial charge in [0.25, 0.3) is 0 Å². The van der Waals surface area contributed by atoms with E-state index in [-0.39, 0.29) is 11.9 Å². The van der Waals surface area contributed by atoms with Crippen molar-refractivity contribution in [2.45, 2.75) is 6.04 Å². The van der Waals surface area contributed by atoms with Gasteiger partial charge < -0.3 is 10.1 Å². The molecule has 0 spiro atoms. The minimum Gasteiger partial charge on any atom is -0.383 e. The molecule has 1 unspecified atom stereocenters. The van der Waals surface area contributed by atoms with Crippen molar-refractivity contribution in [1.29, 1.82) is 0 Å². The molecule has 3 nitrogen and oxygen atoms in total. The Morgan fingerprint density at radius 1 is 1.73 bits per heavy atom. The molecule has 1 atom stereocenters. The number of hydrogen-bond donors (Lipinski definition) is 1. The number of anilines is 1. The number of hydrogen-bond acceptors (Lipinski definition) is 3. The Hall–Kier alpha value is -0.390. The molecule has 15 heavy (non-hydrogen) atoms. The summed E-state index contributed by atoms with van der Waals surface area (Å²) < 4.78 is 18.9. The second kappa shape index (κ2) is 6.25. The van der Waals surface area contributed by atoms with Gasteiger partial charge in [0, 0.05) is 23.7 Å². The number of methoxy groups -OCH3 is 1. The highest BCUT2D eigenvalue weighted by Crippen LogP contribution is 2.16. The number of halogens is 3. The van der Waals surface area contributed by atoms with Gasteiger partial charge in [-0.25, -0.2) is 9.37 Å². The number of pyridine rings is 1. The lowest BCUT2D eigenvalue weighted by Crippen LogP contribution is -2.27. The van der Waals surface area contributed by atoms with Crippen molar-refractivity contribution in [3.05, 3.63) is 22.6 Å². The second-order valence-electron chi connectivity index (χ2n) is 2.93. The van der Waals surface area contributed by atoms with Crippen LogP contribution in [0.2, 0.25) is 0 Å². The lowest BCUT2D eigenvalue weighted by molar-refractivity contribution is 0.191. The van der Waals surface area contributed by atoms with Crippen LogP contribution in [0.1, 0.15) is 0 Å². The van der Waals surface area contributed by atoms with Crippen molar-refractivity contribution >= 4 is 33.3 Å². The fourth-order valence-electron chi connectivity index (χ4n) is 1.04. The van der Waals surface area contributed by atoms with Crippen molar-refractivity contribution in [2.24, 2.45) is 0 Å². The van der Waals surface area contributed by atoms with Crippen LogP contribution in [0.5, 0.6) is 0 Å². The highest BCUT2D eigenvalue weighted by molar-refractivity contribution is 9.10. The van der Waals surface area contributed by atoms with E-state index in [1.165, 1.54) is 12.3 Å². The van der Waals surface area contributed by atoms with Crippen LogP contribution in [-0.4, -0.2) is 30.6 Å². The van der Waals surface area contributed by atoms with Gasteiger partial charge in [-0.3, -0.25) is 0 Å². The van der Waals surface area contributed by atoms with Gasteiger partial charge >= 0.3 is 0 Å². The first-order valence-corrected chi connectivity index (χ1v) is 5.62. The van der Waals surface area contributed by atoms with Crippen LogP contribution in [0.3, 0.4) is 0 Å². The van der Waals surface area contributed by atoms with Crippen LogP contribution >= 0.6 is 27.5 Å². The predicted octanol–water partition coefficient (Wildman–Crippen LogP) is 2.65. The van der Waals surface area contributed by atoms with Crippen LogP contribution in [0.25, 0.3) is 0 Å². The number of alkyl halides is 1. The molecule has 84 valence electrons. The molecule has 1 aromatic rings. The number of nitrogens with one attached hydrogen (secondary N) is 1. The average molecular weight is 298 g/mol. The first kappa shape index (κ1) is 12.7. The first-order chi connectivity index (χ1) is 7.17. The Kier molecular flexibility index (Phi) is 5.28. The maximum absolute atomic E-state index is 13.3. The topological polar surface area (TPSA) is 34.1 Å². The minimum absolute atomic E-state index is 0.153. The summed E-state index contributed by atoms with van der Waals surface area (Å²) >= 11 is 8.81. The molecule has 0 aliphatic heterocycles. The summed E-state index contributed by atoms with van der Waals surface area (Å²) in [5.74, 6) is 0.0851. The lowest BCUT2D eigenvalue weighted by atomic mass is 10.3. The molecule has 0 bridgehead atoms. The molecular formula is C9H11BrClFN2O. The van der Waals surface area contributed by atoms with E-state index >= 15 is 0 Å². The van der Waals surface area contributed by atoms with Gasteiger partial charge in [0.15, 0.2) is 11.6 Å². The third-order valence-corrected chi connectivity index (χ3v) is 2.51. The van der Waals surface area contributed by atoms with Gasteiger partial charge in [0.1, 0.15) is 0 Å². The van der Waals surface area contributed by atoms with Crippen molar-refractivity contribution in [3.8, 4) is 0 Å². The summed E-state index contributed by atoms with van der Waals surface area (Å²) in [6, 6.07) is 1.19. The van der Waals surface area contributed by atoms with Crippen molar-refractivity contribution in [3.63, 3.8) is 0 Å². The van der Waals surface area contributed by atoms with E-state index in [9.17, 15) is 4.39 Å². The SMILES string of the molecule is COCC(CCl)Nc1ncc(Br)cc1F. The van der Waals surface area contributed by atoms with Crippen LogP contribution in [0.15, 0.2) is 16.7 Å². The Morgan fingerprint density at radius 2 is 2.47 bits per heavy atom. The summed E-state index contributed by atoms with van der Waals surface area (Å²) in [4.78, 5) is 3.90. The number of rotatable bonds is 5. The summed E-state index contributed by atoms with van der Waals surface area (Å²) in [7, 11) is 1.56. The number of aromatic nitrogens is 1. The molecular weight excluding hydrogens is 286 g/mol. The zero-order chi connectivity index (χ0) is 11.3. The van der Waals surface area contributed by atoms with E-state index in [1.54, 1.807) is 7.11 Å². The van der Waals surface area contributed by atoms with Crippen LogP contribution in [0, 0.1) is 5.82 Å². The normalized spacial score (nSPS) is 12.5. The van der Waals surface area contributed by atoms with E-state index in [0.29, 0.717) is 17.0 Å². The molecule has 1 aromatic heterocycles. The van der Waals surface area contributed by atoms with Gasteiger partial charge in [0.05, 0.1) is 12.6 Å². The molecule has 1 N–H and O–H groups in total. The average Bonchev–Trinajstić information content (AvgIpc) is 2.21. The largest absolute Gasteiger partial charge is 0.383 e. The highest BCUT2D eigenvalue weighted by Gasteiger charge is 2.11. The summed E-state index contributed by atoms with van der Waals surface area (Å²) in [5, 5.41) is 2.86. The molecule has 1 heterocycles. The van der Waals surface area contributed by atoms with Crippen molar-refractivity contribution in [1.82, 2.24) is 4.98 Å². The third kappa shape index (κ3) is 3.93. The molecule has 0 radical (unpaired) electrons. The zero-order valence-corrected chi connectivity index (χ0v) is 10.5. The van der Waals surface area contributed by atoms with E-state index < -0.39 is 5.82 Å². The molecule has 0 fully saturated rings. The predicted molar refractivity (Wildman–Crippen MR) is 61.9 cm³/mol. The Bertz CT molecular complexity index is 327. The Labute approximate surface area is 101 Å². The molecule has 0 saturated heterocycles. The third-order valence-electron chi connectivity index (χ3n) is 1.70. The second-order valence-corrected chi connectivity index (χ2v) is 4.16. The standard InChI is InChI=1S/C9H11BrClFN2O/c1-15-5-7(3-11)14-9-8(12)2-6(10)4-13-9/h2,4,7H,3,5H2,1H3,(H,13,14). The zero-order valence-electron chi connectivity index (χ0n) is 8.14. The van der Waals surface area contributed by atoms with E-state index in [4.69, 9.17) is 16.3 Å². The van der Waals surface area contributed by atoms with Gasteiger partial charge in [-0.15, -0.1) is 11.6 Å². The monoisotopic (exact) mass is 296 g/mol. The Morgan fingerprint density at radius 3 is 3.00 bits per heavy atom. The van der Waals surface area contributed by atoms with Crippen molar-refractivity contribution < 1.29 is 9.13 Å². The molecule has 0 amide bonds. The van der Waals surface area contributed by atoms with E-state index in [1.807, 2.05) is 0 Å².